The molecule has 0 aromatic carbocycles. The van der Waals surface area contributed by atoms with E-state index in [1.807, 2.05) is 6.92 Å². The maximum atomic E-state index is 4.94. The Balaban J connectivity index is 2.23. The van der Waals surface area contributed by atoms with Gasteiger partial charge >= 0.3 is 0 Å². The molecule has 0 aromatic heterocycles. The molecule has 11 heavy (non-hydrogen) atoms. The smallest absolute Gasteiger partial charge is 0.207 e. The van der Waals surface area contributed by atoms with Crippen molar-refractivity contribution in [1.82, 2.24) is 5.32 Å². The molecule has 0 aliphatic carbocycles. The molecule has 5 heteroatoms. The largest absolute Gasteiger partial charge is 0.375 e. The monoisotopic (exact) mass is 152 g/mol. The highest BCUT2D eigenvalue weighted by Gasteiger charge is 2.23. The number of amidine groups is 1. The maximum absolute atomic E-state index is 4.94. The van der Waals surface area contributed by atoms with Crippen molar-refractivity contribution in [1.29, 1.82) is 0 Å². The SMILES string of the molecule is CC1NC2N=CC=NC2=NO1. The second-order valence-electron chi connectivity index (χ2n) is 2.34. The molecule has 0 saturated heterocycles. The van der Waals surface area contributed by atoms with Crippen LogP contribution in [-0.2, 0) is 4.84 Å². The first kappa shape index (κ1) is 6.48. The molecule has 2 aliphatic heterocycles. The lowest BCUT2D eigenvalue weighted by molar-refractivity contribution is 0.0305. The van der Waals surface area contributed by atoms with E-state index in [2.05, 4.69) is 20.5 Å². The van der Waals surface area contributed by atoms with Gasteiger partial charge in [0.05, 0.1) is 0 Å². The number of fused-ring (bicyclic) bond motifs is 1. The molecule has 2 atom stereocenters. The van der Waals surface area contributed by atoms with Crippen LogP contribution in [0.2, 0.25) is 0 Å². The molecule has 0 aromatic rings. The Labute approximate surface area is 63.9 Å². The average Bonchev–Trinajstić information content (AvgIpc) is 2.04. The molecule has 0 saturated carbocycles. The van der Waals surface area contributed by atoms with Crippen LogP contribution in [0.5, 0.6) is 0 Å². The summed E-state index contributed by atoms with van der Waals surface area (Å²) in [4.78, 5) is 13.0. The molecule has 0 radical (unpaired) electrons. The first-order chi connectivity index (χ1) is 5.36. The quantitative estimate of drug-likeness (QED) is 0.520. The molecule has 2 unspecified atom stereocenters. The second kappa shape index (κ2) is 2.43. The molecule has 2 heterocycles. The molecule has 58 valence electrons. The van der Waals surface area contributed by atoms with Crippen molar-refractivity contribution in [2.75, 3.05) is 0 Å². The van der Waals surface area contributed by atoms with Crippen LogP contribution in [0.15, 0.2) is 15.1 Å². The Morgan fingerprint density at radius 3 is 3.36 bits per heavy atom. The number of hydrogen-bond acceptors (Lipinski definition) is 5. The van der Waals surface area contributed by atoms with Gasteiger partial charge in [0.25, 0.3) is 0 Å². The third kappa shape index (κ3) is 1.14. The van der Waals surface area contributed by atoms with Crippen molar-refractivity contribution < 1.29 is 4.84 Å². The third-order valence-corrected chi connectivity index (χ3v) is 1.45. The van der Waals surface area contributed by atoms with Gasteiger partial charge in [0, 0.05) is 12.4 Å². The van der Waals surface area contributed by atoms with E-state index in [4.69, 9.17) is 4.84 Å². The lowest BCUT2D eigenvalue weighted by Crippen LogP contribution is -2.45. The molecule has 0 bridgehead atoms. The minimum atomic E-state index is -0.122. The first-order valence-electron chi connectivity index (χ1n) is 3.42. The molecule has 1 N–H and O–H groups in total. The normalized spacial score (nSPS) is 34.1. The zero-order chi connectivity index (χ0) is 7.68. The van der Waals surface area contributed by atoms with E-state index in [0.29, 0.717) is 5.84 Å². The van der Waals surface area contributed by atoms with Gasteiger partial charge in [0.2, 0.25) is 5.84 Å². The van der Waals surface area contributed by atoms with Crippen molar-refractivity contribution in [3.63, 3.8) is 0 Å². The number of aliphatic imine (C=N–C) groups is 2. The summed E-state index contributed by atoms with van der Waals surface area (Å²) in [6.45, 7) is 1.87. The van der Waals surface area contributed by atoms with Crippen LogP contribution in [-0.4, -0.2) is 30.7 Å². The van der Waals surface area contributed by atoms with Gasteiger partial charge in [0.1, 0.15) is 0 Å². The predicted octanol–water partition coefficient (Wildman–Crippen LogP) is -0.253. The third-order valence-electron chi connectivity index (χ3n) is 1.45. The Hall–Kier alpha value is -1.23. The zero-order valence-corrected chi connectivity index (χ0v) is 6.06. The molecular formula is C6H8N4O. The molecule has 0 fully saturated rings. The minimum absolute atomic E-state index is 0.0887. The lowest BCUT2D eigenvalue weighted by atomic mass is 10.4. The Kier molecular flexibility index (Phi) is 1.43. The maximum Gasteiger partial charge on any atom is 0.207 e. The first-order valence-corrected chi connectivity index (χ1v) is 3.42. The Morgan fingerprint density at radius 1 is 1.55 bits per heavy atom. The van der Waals surface area contributed by atoms with Crippen LogP contribution in [0.25, 0.3) is 0 Å². The fraction of sp³-hybridized carbons (Fsp3) is 0.500. The summed E-state index contributed by atoms with van der Waals surface area (Å²) in [5.41, 5.74) is 0. The molecule has 0 spiro atoms. The molecular weight excluding hydrogens is 144 g/mol. The second-order valence-corrected chi connectivity index (χ2v) is 2.34. The van der Waals surface area contributed by atoms with Crippen molar-refractivity contribution in [3.8, 4) is 0 Å². The molecule has 2 rings (SSSR count). The highest BCUT2D eigenvalue weighted by Crippen LogP contribution is 2.05. The topological polar surface area (TPSA) is 58.3 Å². The van der Waals surface area contributed by atoms with Gasteiger partial charge in [-0.2, -0.15) is 0 Å². The number of nitrogens with one attached hydrogen (secondary N) is 1. The summed E-state index contributed by atoms with van der Waals surface area (Å²) in [5.74, 6) is 0.589. The van der Waals surface area contributed by atoms with Gasteiger partial charge < -0.3 is 4.84 Å². The fourth-order valence-electron chi connectivity index (χ4n) is 0.948. The van der Waals surface area contributed by atoms with Crippen molar-refractivity contribution in [2.45, 2.75) is 19.3 Å². The summed E-state index contributed by atoms with van der Waals surface area (Å²) in [6, 6.07) is 0. The van der Waals surface area contributed by atoms with Gasteiger partial charge in [-0.3, -0.25) is 10.3 Å². The van der Waals surface area contributed by atoms with Gasteiger partial charge in [-0.15, -0.1) is 0 Å². The van der Waals surface area contributed by atoms with Gasteiger partial charge in [-0.05, 0) is 6.92 Å². The van der Waals surface area contributed by atoms with Crippen LogP contribution in [0.3, 0.4) is 0 Å². The number of rotatable bonds is 0. The highest BCUT2D eigenvalue weighted by molar-refractivity contribution is 6.22. The highest BCUT2D eigenvalue weighted by atomic mass is 16.7. The lowest BCUT2D eigenvalue weighted by Gasteiger charge is -2.23. The summed E-state index contributed by atoms with van der Waals surface area (Å²) >= 11 is 0. The van der Waals surface area contributed by atoms with Crippen molar-refractivity contribution in [3.05, 3.63) is 0 Å². The van der Waals surface area contributed by atoms with E-state index < -0.39 is 0 Å². The minimum Gasteiger partial charge on any atom is -0.375 e. The Morgan fingerprint density at radius 2 is 2.45 bits per heavy atom. The number of nitrogens with zero attached hydrogens (tertiary/aromatic N) is 3. The standard InChI is InChI=1S/C6H8N4O/c1-4-9-5-6(10-11-4)8-3-2-7-5/h2-5,9H,1H3. The van der Waals surface area contributed by atoms with Crippen LogP contribution >= 0.6 is 0 Å². The van der Waals surface area contributed by atoms with E-state index in [1.165, 1.54) is 0 Å². The van der Waals surface area contributed by atoms with E-state index in [-0.39, 0.29) is 12.4 Å². The number of oxime groups is 1. The van der Waals surface area contributed by atoms with Gasteiger partial charge in [-0.1, -0.05) is 5.16 Å². The summed E-state index contributed by atoms with van der Waals surface area (Å²) < 4.78 is 0. The Bertz CT molecular complexity index is 245. The van der Waals surface area contributed by atoms with Crippen LogP contribution in [0.1, 0.15) is 6.92 Å². The fourth-order valence-corrected chi connectivity index (χ4v) is 0.948. The average molecular weight is 152 g/mol. The molecule has 5 nitrogen and oxygen atoms in total. The van der Waals surface area contributed by atoms with E-state index in [0.717, 1.165) is 0 Å². The van der Waals surface area contributed by atoms with Crippen LogP contribution in [0.4, 0.5) is 0 Å². The van der Waals surface area contributed by atoms with E-state index in [9.17, 15) is 0 Å². The van der Waals surface area contributed by atoms with Crippen LogP contribution < -0.4 is 5.32 Å². The predicted molar refractivity (Wildman–Crippen MR) is 41.9 cm³/mol. The zero-order valence-electron chi connectivity index (χ0n) is 6.06. The summed E-state index contributed by atoms with van der Waals surface area (Å²) in [6.07, 6.45) is 3.03. The molecule has 2 aliphatic rings. The molecule has 0 amide bonds. The van der Waals surface area contributed by atoms with Gasteiger partial charge in [-0.25, -0.2) is 4.99 Å². The van der Waals surface area contributed by atoms with Crippen molar-refractivity contribution >= 4 is 18.3 Å². The van der Waals surface area contributed by atoms with Crippen LogP contribution in [0, 0.1) is 0 Å². The van der Waals surface area contributed by atoms with Crippen molar-refractivity contribution in [2.24, 2.45) is 15.1 Å². The van der Waals surface area contributed by atoms with E-state index in [1.54, 1.807) is 12.4 Å². The van der Waals surface area contributed by atoms with Gasteiger partial charge in [0.15, 0.2) is 12.4 Å². The summed E-state index contributed by atoms with van der Waals surface area (Å²) in [7, 11) is 0. The number of hydrogen-bond donors (Lipinski definition) is 1. The van der Waals surface area contributed by atoms with E-state index >= 15 is 0 Å². The summed E-state index contributed by atoms with van der Waals surface area (Å²) in [5, 5.41) is 6.83.